The normalized spacial score (nSPS) is 22.2. The summed E-state index contributed by atoms with van der Waals surface area (Å²) in [4.78, 5) is 28.7. The highest BCUT2D eigenvalue weighted by Gasteiger charge is 2.33. The molecule has 9 nitrogen and oxygen atoms in total. The van der Waals surface area contributed by atoms with Gasteiger partial charge in [0, 0.05) is 18.0 Å². The number of ether oxygens (including phenoxy) is 1. The molecule has 2 amide bonds. The third kappa shape index (κ3) is 3.16. The molecule has 0 unspecified atom stereocenters. The fourth-order valence-electron chi connectivity index (χ4n) is 3.20. The van der Waals surface area contributed by atoms with Crippen LogP contribution in [0.4, 0.5) is 0 Å². The molecule has 0 aliphatic heterocycles. The van der Waals surface area contributed by atoms with Crippen LogP contribution in [0.3, 0.4) is 0 Å². The Labute approximate surface area is 149 Å². The topological polar surface area (TPSA) is 122 Å². The second kappa shape index (κ2) is 6.81. The van der Waals surface area contributed by atoms with E-state index in [-0.39, 0.29) is 23.9 Å². The Balaban J connectivity index is 1.24. The van der Waals surface area contributed by atoms with Gasteiger partial charge in [-0.05, 0) is 25.7 Å². The minimum Gasteiger partial charge on any atom is -0.481 e. The van der Waals surface area contributed by atoms with Gasteiger partial charge in [-0.1, -0.05) is 6.42 Å². The van der Waals surface area contributed by atoms with Gasteiger partial charge in [-0.2, -0.15) is 5.10 Å². The first-order valence-electron chi connectivity index (χ1n) is 8.78. The Bertz CT molecular complexity index is 804. The van der Waals surface area contributed by atoms with E-state index < -0.39 is 0 Å². The van der Waals surface area contributed by atoms with E-state index in [1.807, 2.05) is 0 Å². The Morgan fingerprint density at radius 3 is 2.62 bits per heavy atom. The van der Waals surface area contributed by atoms with Crippen molar-refractivity contribution < 1.29 is 18.7 Å². The molecule has 0 radical (unpaired) electrons. The predicted molar refractivity (Wildman–Crippen MR) is 90.0 cm³/mol. The van der Waals surface area contributed by atoms with Crippen LogP contribution in [0.2, 0.25) is 0 Å². The van der Waals surface area contributed by atoms with Crippen molar-refractivity contribution in [1.29, 1.82) is 0 Å². The molecule has 2 aliphatic carbocycles. The zero-order valence-corrected chi connectivity index (χ0v) is 14.4. The molecule has 2 aliphatic rings. The third-order valence-electron chi connectivity index (χ3n) is 5.07. The second-order valence-electron chi connectivity index (χ2n) is 6.83. The molecule has 2 aromatic heterocycles. The van der Waals surface area contributed by atoms with Crippen LogP contribution >= 0.6 is 0 Å². The fraction of sp³-hybridized carbons (Fsp3) is 0.529. The lowest BCUT2D eigenvalue weighted by Crippen LogP contribution is -2.53. The highest BCUT2D eigenvalue weighted by molar-refractivity contribution is 5.96. The maximum Gasteiger partial charge on any atom is 0.273 e. The van der Waals surface area contributed by atoms with Crippen LogP contribution in [0.5, 0.6) is 5.88 Å². The first-order valence-corrected chi connectivity index (χ1v) is 8.78. The van der Waals surface area contributed by atoms with E-state index in [9.17, 15) is 9.59 Å². The minimum absolute atomic E-state index is 0.00949. The van der Waals surface area contributed by atoms with Crippen LogP contribution in [0.25, 0.3) is 0 Å². The quantitative estimate of drug-likeness (QED) is 0.716. The molecule has 2 aromatic rings. The SMILES string of the molecule is COc1[nH]ncc1C(=O)NC1CC(NC(=O)c2coc(C3CCC3)n2)C1. The zero-order chi connectivity index (χ0) is 18.1. The number of aromatic nitrogens is 3. The highest BCUT2D eigenvalue weighted by Crippen LogP contribution is 2.35. The van der Waals surface area contributed by atoms with E-state index in [1.54, 1.807) is 0 Å². The van der Waals surface area contributed by atoms with Crippen molar-refractivity contribution in [3.8, 4) is 5.88 Å². The number of carbonyl (C=O) groups excluding carboxylic acids is 2. The maximum atomic E-state index is 12.2. The summed E-state index contributed by atoms with van der Waals surface area (Å²) in [6.07, 6.45) is 7.53. The van der Waals surface area contributed by atoms with E-state index >= 15 is 0 Å². The molecule has 4 rings (SSSR count). The van der Waals surface area contributed by atoms with Crippen molar-refractivity contribution in [2.45, 2.75) is 50.1 Å². The van der Waals surface area contributed by atoms with Gasteiger partial charge in [-0.3, -0.25) is 9.59 Å². The summed E-state index contributed by atoms with van der Waals surface area (Å²) in [6, 6.07) is 0.0261. The van der Waals surface area contributed by atoms with Gasteiger partial charge in [0.2, 0.25) is 5.88 Å². The van der Waals surface area contributed by atoms with Crippen molar-refractivity contribution in [3.63, 3.8) is 0 Å². The molecular formula is C17H21N5O4. The second-order valence-corrected chi connectivity index (χ2v) is 6.83. The van der Waals surface area contributed by atoms with Crippen molar-refractivity contribution in [2.24, 2.45) is 0 Å². The largest absolute Gasteiger partial charge is 0.481 e. The van der Waals surface area contributed by atoms with Crippen molar-refractivity contribution in [3.05, 3.63) is 29.6 Å². The number of H-pyrrole nitrogens is 1. The number of hydrogen-bond donors (Lipinski definition) is 3. The van der Waals surface area contributed by atoms with Crippen LogP contribution in [-0.4, -0.2) is 46.2 Å². The van der Waals surface area contributed by atoms with Crippen molar-refractivity contribution in [1.82, 2.24) is 25.8 Å². The first-order chi connectivity index (χ1) is 12.6. The lowest BCUT2D eigenvalue weighted by molar-refractivity contribution is 0.0858. The Morgan fingerprint density at radius 1 is 1.23 bits per heavy atom. The van der Waals surface area contributed by atoms with E-state index in [1.165, 1.54) is 26.0 Å². The summed E-state index contributed by atoms with van der Waals surface area (Å²) < 4.78 is 10.5. The lowest BCUT2D eigenvalue weighted by Gasteiger charge is -2.36. The summed E-state index contributed by atoms with van der Waals surface area (Å²) in [5.41, 5.74) is 0.689. The van der Waals surface area contributed by atoms with Crippen LogP contribution in [0.15, 0.2) is 16.9 Å². The van der Waals surface area contributed by atoms with Gasteiger partial charge in [0.25, 0.3) is 11.8 Å². The average molecular weight is 359 g/mol. The van der Waals surface area contributed by atoms with Crippen molar-refractivity contribution in [2.75, 3.05) is 7.11 Å². The molecule has 0 aromatic carbocycles. The first kappa shape index (κ1) is 16.6. The fourth-order valence-corrected chi connectivity index (χ4v) is 3.20. The zero-order valence-electron chi connectivity index (χ0n) is 14.4. The summed E-state index contributed by atoms with van der Waals surface area (Å²) in [7, 11) is 1.47. The highest BCUT2D eigenvalue weighted by atomic mass is 16.5. The standard InChI is InChI=1S/C17H21N5O4/c1-25-17-12(7-18-22-17)14(23)19-10-5-11(6-10)20-15(24)13-8-26-16(21-13)9-3-2-4-9/h7-11H,2-6H2,1H3,(H,18,22)(H,19,23)(H,20,24). The van der Waals surface area contributed by atoms with Gasteiger partial charge >= 0.3 is 0 Å². The van der Waals surface area contributed by atoms with E-state index in [0.29, 0.717) is 41.8 Å². The van der Waals surface area contributed by atoms with Crippen molar-refractivity contribution >= 4 is 11.8 Å². The lowest BCUT2D eigenvalue weighted by atomic mass is 9.85. The number of nitrogens with one attached hydrogen (secondary N) is 3. The number of oxazole rings is 1. The van der Waals surface area contributed by atoms with E-state index in [2.05, 4.69) is 25.8 Å². The molecular weight excluding hydrogens is 338 g/mol. The van der Waals surface area contributed by atoms with Crippen LogP contribution < -0.4 is 15.4 Å². The van der Waals surface area contributed by atoms with Gasteiger partial charge < -0.3 is 19.8 Å². The average Bonchev–Trinajstić information content (AvgIpc) is 3.19. The molecule has 0 atom stereocenters. The van der Waals surface area contributed by atoms with Gasteiger partial charge in [0.05, 0.1) is 13.3 Å². The molecule has 2 fully saturated rings. The summed E-state index contributed by atoms with van der Waals surface area (Å²) in [5.74, 6) is 0.881. The molecule has 26 heavy (non-hydrogen) atoms. The van der Waals surface area contributed by atoms with Crippen LogP contribution in [0, 0.1) is 0 Å². The molecule has 0 spiro atoms. The van der Waals surface area contributed by atoms with Crippen LogP contribution in [0.1, 0.15) is 64.8 Å². The molecule has 2 heterocycles. The monoisotopic (exact) mass is 359 g/mol. The van der Waals surface area contributed by atoms with Gasteiger partial charge in [-0.25, -0.2) is 10.1 Å². The van der Waals surface area contributed by atoms with Gasteiger partial charge in [-0.15, -0.1) is 0 Å². The minimum atomic E-state index is -0.244. The maximum absolute atomic E-state index is 12.2. The number of carbonyl (C=O) groups is 2. The number of rotatable bonds is 6. The molecule has 3 N–H and O–H groups in total. The molecule has 0 saturated heterocycles. The Hall–Kier alpha value is -2.84. The number of aromatic amines is 1. The number of hydrogen-bond acceptors (Lipinski definition) is 6. The third-order valence-corrected chi connectivity index (χ3v) is 5.07. The number of methoxy groups -OCH3 is 1. The Kier molecular flexibility index (Phi) is 4.36. The summed E-state index contributed by atoms with van der Waals surface area (Å²) in [6.45, 7) is 0. The number of nitrogens with zero attached hydrogens (tertiary/aromatic N) is 2. The number of amides is 2. The molecule has 9 heteroatoms. The van der Waals surface area contributed by atoms with Crippen LogP contribution in [-0.2, 0) is 0 Å². The Morgan fingerprint density at radius 2 is 1.96 bits per heavy atom. The van der Waals surface area contributed by atoms with E-state index in [4.69, 9.17) is 9.15 Å². The van der Waals surface area contributed by atoms with E-state index in [0.717, 1.165) is 12.8 Å². The van der Waals surface area contributed by atoms with Gasteiger partial charge in [0.1, 0.15) is 11.8 Å². The molecule has 2 saturated carbocycles. The predicted octanol–water partition coefficient (Wildman–Crippen LogP) is 1.36. The van der Waals surface area contributed by atoms with Gasteiger partial charge in [0.15, 0.2) is 11.6 Å². The molecule has 138 valence electrons. The summed E-state index contributed by atoms with van der Waals surface area (Å²) >= 11 is 0. The molecule has 0 bridgehead atoms. The summed E-state index contributed by atoms with van der Waals surface area (Å²) in [5, 5.41) is 12.2. The smallest absolute Gasteiger partial charge is 0.273 e.